The van der Waals surface area contributed by atoms with Crippen LogP contribution in [0.5, 0.6) is 0 Å². The molecule has 3 aromatic rings. The number of amides is 2. The molecule has 0 saturated heterocycles. The molecule has 32 heavy (non-hydrogen) atoms. The van der Waals surface area contributed by atoms with Crippen LogP contribution in [0.25, 0.3) is 0 Å². The summed E-state index contributed by atoms with van der Waals surface area (Å²) >= 11 is 7.31. The van der Waals surface area contributed by atoms with Gasteiger partial charge < -0.3 is 10.1 Å². The summed E-state index contributed by atoms with van der Waals surface area (Å²) in [5, 5.41) is 6.67. The van der Waals surface area contributed by atoms with Gasteiger partial charge in [-0.3, -0.25) is 10.1 Å². The number of pyridine rings is 2. The molecule has 0 radical (unpaired) electrons. The number of hydrogen-bond acceptors (Lipinski definition) is 6. The van der Waals surface area contributed by atoms with E-state index in [-0.39, 0.29) is 5.91 Å². The van der Waals surface area contributed by atoms with Crippen LogP contribution in [0.2, 0.25) is 5.02 Å². The minimum absolute atomic E-state index is 0.259. The van der Waals surface area contributed by atoms with Crippen LogP contribution in [0, 0.1) is 0 Å². The van der Waals surface area contributed by atoms with Crippen LogP contribution in [0.15, 0.2) is 66.0 Å². The van der Waals surface area contributed by atoms with E-state index in [2.05, 4.69) is 20.6 Å². The molecule has 0 saturated carbocycles. The minimum Gasteiger partial charge on any atom is -0.444 e. The Labute approximate surface area is 196 Å². The average molecular weight is 471 g/mol. The molecule has 0 atom stereocenters. The van der Waals surface area contributed by atoms with E-state index < -0.39 is 11.7 Å². The van der Waals surface area contributed by atoms with Crippen molar-refractivity contribution in [2.45, 2.75) is 37.2 Å². The average Bonchev–Trinajstić information content (AvgIpc) is 2.73. The number of nitrogens with one attached hydrogen (secondary N) is 2. The summed E-state index contributed by atoms with van der Waals surface area (Å²) in [6.45, 7) is 5.38. The molecule has 166 valence electrons. The molecule has 0 aliphatic carbocycles. The van der Waals surface area contributed by atoms with Crippen molar-refractivity contribution >= 4 is 46.9 Å². The Bertz CT molecular complexity index is 1100. The van der Waals surface area contributed by atoms with Gasteiger partial charge in [-0.25, -0.2) is 14.8 Å². The summed E-state index contributed by atoms with van der Waals surface area (Å²) in [5.41, 5.74) is 1.42. The maximum absolute atomic E-state index is 12.8. The lowest BCUT2D eigenvalue weighted by Crippen LogP contribution is -2.27. The number of anilines is 2. The predicted molar refractivity (Wildman–Crippen MR) is 127 cm³/mol. The highest BCUT2D eigenvalue weighted by atomic mass is 35.5. The molecule has 2 amide bonds. The van der Waals surface area contributed by atoms with Crippen LogP contribution in [-0.2, 0) is 10.5 Å². The molecular formula is C23H23ClN4O3S. The second kappa shape index (κ2) is 10.5. The minimum atomic E-state index is -0.598. The van der Waals surface area contributed by atoms with Crippen molar-refractivity contribution in [3.05, 3.63) is 77.1 Å². The molecular weight excluding hydrogens is 448 g/mol. The summed E-state index contributed by atoms with van der Waals surface area (Å²) in [5.74, 6) is 0.660. The molecule has 0 aliphatic rings. The van der Waals surface area contributed by atoms with E-state index in [1.165, 1.54) is 11.8 Å². The van der Waals surface area contributed by atoms with Crippen molar-refractivity contribution in [2.24, 2.45) is 0 Å². The zero-order valence-corrected chi connectivity index (χ0v) is 19.5. The Balaban J connectivity index is 1.65. The highest BCUT2D eigenvalue weighted by molar-refractivity contribution is 7.98. The lowest BCUT2D eigenvalue weighted by atomic mass is 10.2. The number of benzene rings is 1. The van der Waals surface area contributed by atoms with Crippen LogP contribution in [0.3, 0.4) is 0 Å². The molecule has 0 bridgehead atoms. The molecule has 2 N–H and O–H groups in total. The van der Waals surface area contributed by atoms with Gasteiger partial charge in [0.25, 0.3) is 5.91 Å². The van der Waals surface area contributed by atoms with Crippen molar-refractivity contribution in [3.8, 4) is 0 Å². The van der Waals surface area contributed by atoms with E-state index in [0.717, 1.165) is 5.56 Å². The van der Waals surface area contributed by atoms with Gasteiger partial charge in [-0.05, 0) is 74.9 Å². The van der Waals surface area contributed by atoms with Gasteiger partial charge in [-0.1, -0.05) is 11.6 Å². The fourth-order valence-corrected chi connectivity index (χ4v) is 3.66. The number of ether oxygens (including phenoxy) is 1. The quantitative estimate of drug-likeness (QED) is 0.428. The molecule has 9 heteroatoms. The molecule has 1 aromatic carbocycles. The second-order valence-corrected chi connectivity index (χ2v) is 9.18. The van der Waals surface area contributed by atoms with Gasteiger partial charge in [0.15, 0.2) is 0 Å². The molecule has 0 spiro atoms. The van der Waals surface area contributed by atoms with Crippen LogP contribution in [-0.4, -0.2) is 27.6 Å². The summed E-state index contributed by atoms with van der Waals surface area (Å²) in [6.07, 6.45) is 2.68. The lowest BCUT2D eigenvalue weighted by Gasteiger charge is -2.19. The third-order valence-corrected chi connectivity index (χ3v) is 5.28. The maximum atomic E-state index is 12.8. The third kappa shape index (κ3) is 7.25. The topological polar surface area (TPSA) is 93.2 Å². The summed E-state index contributed by atoms with van der Waals surface area (Å²) in [7, 11) is 0. The largest absolute Gasteiger partial charge is 0.444 e. The number of carbonyl (C=O) groups excluding carboxylic acids is 2. The highest BCUT2D eigenvalue weighted by Gasteiger charge is 2.17. The number of aromatic nitrogens is 2. The first-order valence-electron chi connectivity index (χ1n) is 9.79. The van der Waals surface area contributed by atoms with Gasteiger partial charge in [0.1, 0.15) is 16.4 Å². The maximum Gasteiger partial charge on any atom is 0.413 e. The molecule has 2 aromatic heterocycles. The van der Waals surface area contributed by atoms with Crippen molar-refractivity contribution < 1.29 is 14.3 Å². The fourth-order valence-electron chi connectivity index (χ4n) is 2.60. The molecule has 3 rings (SSSR count). The normalized spacial score (nSPS) is 11.0. The Kier molecular flexibility index (Phi) is 7.71. The van der Waals surface area contributed by atoms with Crippen LogP contribution in [0.1, 0.15) is 36.7 Å². The van der Waals surface area contributed by atoms with Crippen molar-refractivity contribution in [2.75, 3.05) is 10.6 Å². The molecule has 0 unspecified atom stereocenters. The van der Waals surface area contributed by atoms with Crippen LogP contribution in [0.4, 0.5) is 16.3 Å². The van der Waals surface area contributed by atoms with E-state index >= 15 is 0 Å². The Morgan fingerprint density at radius 1 is 1.03 bits per heavy atom. The van der Waals surface area contributed by atoms with Gasteiger partial charge in [-0.15, -0.1) is 11.8 Å². The van der Waals surface area contributed by atoms with Crippen molar-refractivity contribution in [3.63, 3.8) is 0 Å². The fraction of sp³-hybridized carbons (Fsp3) is 0.217. The lowest BCUT2D eigenvalue weighted by molar-refractivity contribution is 0.0635. The Morgan fingerprint density at radius 2 is 1.78 bits per heavy atom. The molecule has 0 aliphatic heterocycles. The first kappa shape index (κ1) is 23.6. The number of thioether (sulfide) groups is 1. The van der Waals surface area contributed by atoms with Crippen molar-refractivity contribution in [1.29, 1.82) is 0 Å². The SMILES string of the molecule is CC(C)(C)OC(=O)Nc1cc(CSc2ncccc2C(=O)Nc2ccc(Cl)cc2)ccn1. The summed E-state index contributed by atoms with van der Waals surface area (Å²) < 4.78 is 5.25. The first-order valence-corrected chi connectivity index (χ1v) is 11.2. The van der Waals surface area contributed by atoms with E-state index in [0.29, 0.717) is 32.9 Å². The Morgan fingerprint density at radius 3 is 2.50 bits per heavy atom. The summed E-state index contributed by atoms with van der Waals surface area (Å²) in [4.78, 5) is 33.2. The van der Waals surface area contributed by atoms with Gasteiger partial charge in [0, 0.05) is 28.9 Å². The van der Waals surface area contributed by atoms with E-state index in [9.17, 15) is 9.59 Å². The van der Waals surface area contributed by atoms with Crippen molar-refractivity contribution in [1.82, 2.24) is 9.97 Å². The zero-order chi connectivity index (χ0) is 23.1. The predicted octanol–water partition coefficient (Wildman–Crippen LogP) is 6.02. The standard InChI is InChI=1S/C23H23ClN4O3S/c1-23(2,3)31-22(30)28-19-13-15(10-12-25-19)14-32-21-18(5-4-11-26-21)20(29)27-17-8-6-16(24)7-9-17/h4-13H,14H2,1-3H3,(H,27,29)(H,25,28,30). The van der Waals surface area contributed by atoms with E-state index in [1.807, 2.05) is 6.07 Å². The monoisotopic (exact) mass is 470 g/mol. The summed E-state index contributed by atoms with van der Waals surface area (Å²) in [6, 6.07) is 13.9. The van der Waals surface area contributed by atoms with Gasteiger partial charge in [0.05, 0.1) is 5.56 Å². The number of carbonyl (C=O) groups is 2. The number of rotatable bonds is 6. The molecule has 0 fully saturated rings. The van der Waals surface area contributed by atoms with Gasteiger partial charge in [0.2, 0.25) is 0 Å². The Hall–Kier alpha value is -3.10. The zero-order valence-electron chi connectivity index (χ0n) is 17.9. The van der Waals surface area contributed by atoms with E-state index in [1.54, 1.807) is 75.6 Å². The number of hydrogen-bond donors (Lipinski definition) is 2. The van der Waals surface area contributed by atoms with Crippen LogP contribution >= 0.6 is 23.4 Å². The molecule has 2 heterocycles. The molecule has 7 nitrogen and oxygen atoms in total. The van der Waals surface area contributed by atoms with E-state index in [4.69, 9.17) is 16.3 Å². The first-order chi connectivity index (χ1) is 15.2. The van der Waals surface area contributed by atoms with Gasteiger partial charge in [-0.2, -0.15) is 0 Å². The number of nitrogens with zero attached hydrogens (tertiary/aromatic N) is 2. The smallest absolute Gasteiger partial charge is 0.413 e. The number of halogens is 1. The third-order valence-electron chi connectivity index (χ3n) is 3.95. The van der Waals surface area contributed by atoms with Gasteiger partial charge >= 0.3 is 6.09 Å². The highest BCUT2D eigenvalue weighted by Crippen LogP contribution is 2.26. The second-order valence-electron chi connectivity index (χ2n) is 7.78. The van der Waals surface area contributed by atoms with Crippen LogP contribution < -0.4 is 10.6 Å².